The Labute approximate surface area is 137 Å². The average molecular weight is 313 g/mol. The van der Waals surface area contributed by atoms with Gasteiger partial charge in [-0.2, -0.15) is 0 Å². The maximum Gasteiger partial charge on any atom is 0.224 e. The molecule has 2 aromatic carbocycles. The van der Waals surface area contributed by atoms with E-state index in [1.807, 2.05) is 0 Å². The molecule has 2 rings (SSSR count). The van der Waals surface area contributed by atoms with Crippen LogP contribution in [0.4, 0.5) is 0 Å². The second kappa shape index (κ2) is 8.22. The molecule has 0 aliphatic heterocycles. The van der Waals surface area contributed by atoms with Gasteiger partial charge >= 0.3 is 0 Å². The number of hydrogen-bond acceptors (Lipinski definition) is 3. The molecule has 0 heterocycles. The van der Waals surface area contributed by atoms with Crippen LogP contribution in [0.25, 0.3) is 0 Å². The maximum absolute atomic E-state index is 11.9. The normalized spacial score (nSPS) is 10.3. The minimum absolute atomic E-state index is 0.0263. The van der Waals surface area contributed by atoms with Gasteiger partial charge in [-0.25, -0.2) is 0 Å². The zero-order valence-electron chi connectivity index (χ0n) is 13.6. The Bertz CT molecular complexity index is 650. The smallest absolute Gasteiger partial charge is 0.224 e. The molecule has 122 valence electrons. The molecule has 4 heteroatoms. The van der Waals surface area contributed by atoms with Crippen LogP contribution in [0.3, 0.4) is 0 Å². The summed E-state index contributed by atoms with van der Waals surface area (Å²) in [5.41, 5.74) is 3.36. The molecule has 0 spiro atoms. The monoisotopic (exact) mass is 313 g/mol. The number of hydrogen-bond donors (Lipinski definition) is 2. The number of rotatable bonds is 7. The first-order valence-electron chi connectivity index (χ1n) is 7.76. The second-order valence-electron chi connectivity index (χ2n) is 5.62. The van der Waals surface area contributed by atoms with E-state index in [4.69, 9.17) is 4.74 Å². The number of aromatic hydroxyl groups is 1. The minimum atomic E-state index is -0.0263. The summed E-state index contributed by atoms with van der Waals surface area (Å²) in [7, 11) is 1.49. The topological polar surface area (TPSA) is 58.6 Å². The van der Waals surface area contributed by atoms with Crippen molar-refractivity contribution in [2.24, 2.45) is 0 Å². The summed E-state index contributed by atoms with van der Waals surface area (Å²) in [6.45, 7) is 2.73. The molecule has 0 aromatic heterocycles. The van der Waals surface area contributed by atoms with E-state index in [0.717, 1.165) is 18.4 Å². The van der Waals surface area contributed by atoms with E-state index in [2.05, 4.69) is 36.5 Å². The number of nitrogens with one attached hydrogen (secondary N) is 1. The zero-order valence-corrected chi connectivity index (χ0v) is 13.6. The Morgan fingerprint density at radius 1 is 1.13 bits per heavy atom. The summed E-state index contributed by atoms with van der Waals surface area (Å²) < 4.78 is 5.04. The van der Waals surface area contributed by atoms with Crippen LogP contribution >= 0.6 is 0 Å². The number of carbonyl (C=O) groups is 1. The van der Waals surface area contributed by atoms with Gasteiger partial charge in [0.15, 0.2) is 11.5 Å². The number of methoxy groups -OCH3 is 1. The first-order chi connectivity index (χ1) is 11.1. The van der Waals surface area contributed by atoms with Crippen molar-refractivity contribution in [3.63, 3.8) is 0 Å². The van der Waals surface area contributed by atoms with Crippen molar-refractivity contribution in [1.29, 1.82) is 0 Å². The predicted molar refractivity (Wildman–Crippen MR) is 90.9 cm³/mol. The van der Waals surface area contributed by atoms with Crippen molar-refractivity contribution in [2.75, 3.05) is 13.7 Å². The quantitative estimate of drug-likeness (QED) is 0.773. The summed E-state index contributed by atoms with van der Waals surface area (Å²) in [6.07, 6.45) is 2.14. The van der Waals surface area contributed by atoms with Gasteiger partial charge in [-0.3, -0.25) is 4.79 Å². The molecule has 0 bridgehead atoms. The van der Waals surface area contributed by atoms with Gasteiger partial charge in [-0.15, -0.1) is 0 Å². The van der Waals surface area contributed by atoms with Crippen LogP contribution in [0, 0.1) is 6.92 Å². The number of benzene rings is 2. The first kappa shape index (κ1) is 16.9. The fraction of sp³-hybridized carbons (Fsp3) is 0.316. The van der Waals surface area contributed by atoms with Crippen molar-refractivity contribution in [1.82, 2.24) is 5.32 Å². The van der Waals surface area contributed by atoms with Crippen LogP contribution < -0.4 is 10.1 Å². The highest BCUT2D eigenvalue weighted by atomic mass is 16.5. The van der Waals surface area contributed by atoms with Crippen molar-refractivity contribution in [3.8, 4) is 11.5 Å². The molecule has 0 saturated heterocycles. The number of aryl methyl sites for hydroxylation is 2. The Morgan fingerprint density at radius 3 is 2.52 bits per heavy atom. The molecule has 0 aliphatic carbocycles. The second-order valence-corrected chi connectivity index (χ2v) is 5.62. The molecule has 2 aromatic rings. The molecular formula is C19H23NO3. The van der Waals surface area contributed by atoms with Crippen molar-refractivity contribution in [3.05, 3.63) is 59.2 Å². The van der Waals surface area contributed by atoms with E-state index in [-0.39, 0.29) is 18.1 Å². The van der Waals surface area contributed by atoms with Crippen LogP contribution in [0.2, 0.25) is 0 Å². The number of carbonyl (C=O) groups excluding carboxylic acids is 1. The predicted octanol–water partition coefficient (Wildman–Crippen LogP) is 3.00. The Morgan fingerprint density at radius 2 is 1.83 bits per heavy atom. The molecule has 0 atom stereocenters. The van der Waals surface area contributed by atoms with Crippen LogP contribution in [-0.2, 0) is 17.6 Å². The first-order valence-corrected chi connectivity index (χ1v) is 7.76. The lowest BCUT2D eigenvalue weighted by atomic mass is 10.1. The van der Waals surface area contributed by atoms with E-state index in [0.29, 0.717) is 12.3 Å². The molecule has 23 heavy (non-hydrogen) atoms. The van der Waals surface area contributed by atoms with E-state index in [1.54, 1.807) is 18.2 Å². The lowest BCUT2D eigenvalue weighted by molar-refractivity contribution is -0.120. The van der Waals surface area contributed by atoms with Crippen molar-refractivity contribution in [2.45, 2.75) is 26.2 Å². The molecule has 0 aliphatic rings. The molecule has 0 radical (unpaired) electrons. The van der Waals surface area contributed by atoms with E-state index in [9.17, 15) is 9.90 Å². The van der Waals surface area contributed by atoms with Gasteiger partial charge in [0.25, 0.3) is 0 Å². The lowest BCUT2D eigenvalue weighted by Crippen LogP contribution is -2.26. The summed E-state index contributed by atoms with van der Waals surface area (Å²) in [4.78, 5) is 11.9. The molecule has 0 fully saturated rings. The van der Waals surface area contributed by atoms with Gasteiger partial charge < -0.3 is 15.2 Å². The zero-order chi connectivity index (χ0) is 16.7. The highest BCUT2D eigenvalue weighted by Crippen LogP contribution is 2.26. The van der Waals surface area contributed by atoms with Crippen LogP contribution in [-0.4, -0.2) is 24.7 Å². The van der Waals surface area contributed by atoms with Gasteiger partial charge in [0.2, 0.25) is 5.91 Å². The van der Waals surface area contributed by atoms with Crippen LogP contribution in [0.1, 0.15) is 23.1 Å². The van der Waals surface area contributed by atoms with Gasteiger partial charge in [0.05, 0.1) is 13.5 Å². The molecule has 2 N–H and O–H groups in total. The van der Waals surface area contributed by atoms with E-state index in [1.165, 1.54) is 18.2 Å². The highest BCUT2D eigenvalue weighted by Gasteiger charge is 2.07. The molecular weight excluding hydrogens is 290 g/mol. The Kier molecular flexibility index (Phi) is 6.03. The Balaban J connectivity index is 1.73. The summed E-state index contributed by atoms with van der Waals surface area (Å²) >= 11 is 0. The number of phenolic OH excluding ortho intramolecular Hbond substituents is 1. The van der Waals surface area contributed by atoms with Gasteiger partial charge in [-0.1, -0.05) is 35.9 Å². The molecule has 1 amide bonds. The van der Waals surface area contributed by atoms with Crippen LogP contribution in [0.5, 0.6) is 11.5 Å². The lowest BCUT2D eigenvalue weighted by Gasteiger charge is -2.08. The number of amides is 1. The summed E-state index contributed by atoms with van der Waals surface area (Å²) in [5.74, 6) is 0.436. The minimum Gasteiger partial charge on any atom is -0.504 e. The van der Waals surface area contributed by atoms with Crippen LogP contribution in [0.15, 0.2) is 42.5 Å². The third-order valence-corrected chi connectivity index (χ3v) is 3.69. The number of ether oxygens (including phenoxy) is 1. The van der Waals surface area contributed by atoms with E-state index < -0.39 is 0 Å². The highest BCUT2D eigenvalue weighted by molar-refractivity contribution is 5.78. The standard InChI is InChI=1S/C19H23NO3/c1-14-5-7-15(8-6-14)4-3-11-20-19(22)13-16-9-10-17(21)18(12-16)23-2/h5-10,12,21H,3-4,11,13H2,1-2H3,(H,20,22). The average Bonchev–Trinajstić information content (AvgIpc) is 2.55. The SMILES string of the molecule is COc1cc(CC(=O)NCCCc2ccc(C)cc2)ccc1O. The maximum atomic E-state index is 11.9. The molecule has 0 saturated carbocycles. The third-order valence-electron chi connectivity index (χ3n) is 3.69. The van der Waals surface area contributed by atoms with Gasteiger partial charge in [0, 0.05) is 6.54 Å². The summed E-state index contributed by atoms with van der Waals surface area (Å²) in [6, 6.07) is 13.4. The number of phenols is 1. The Hall–Kier alpha value is -2.49. The van der Waals surface area contributed by atoms with Gasteiger partial charge in [0.1, 0.15) is 0 Å². The summed E-state index contributed by atoms with van der Waals surface area (Å²) in [5, 5.41) is 12.5. The third kappa shape index (κ3) is 5.33. The van der Waals surface area contributed by atoms with Crippen molar-refractivity contribution >= 4 is 5.91 Å². The fourth-order valence-electron chi connectivity index (χ4n) is 2.35. The molecule has 4 nitrogen and oxygen atoms in total. The largest absolute Gasteiger partial charge is 0.504 e. The molecule has 0 unspecified atom stereocenters. The van der Waals surface area contributed by atoms with E-state index >= 15 is 0 Å². The van der Waals surface area contributed by atoms with Gasteiger partial charge in [-0.05, 0) is 43.0 Å². The fourth-order valence-corrected chi connectivity index (χ4v) is 2.35. The van der Waals surface area contributed by atoms with Crippen molar-refractivity contribution < 1.29 is 14.6 Å².